The van der Waals surface area contributed by atoms with E-state index < -0.39 is 6.04 Å². The molecule has 1 saturated heterocycles. The van der Waals surface area contributed by atoms with Crippen LogP contribution in [0.2, 0.25) is 0 Å². The van der Waals surface area contributed by atoms with Gasteiger partial charge in [0.2, 0.25) is 5.91 Å². The monoisotopic (exact) mass is 351 g/mol. The smallest absolute Gasteiger partial charge is 0.242 e. The van der Waals surface area contributed by atoms with Gasteiger partial charge in [0.05, 0.1) is 17.9 Å². The van der Waals surface area contributed by atoms with E-state index in [-0.39, 0.29) is 29.5 Å². The minimum absolute atomic E-state index is 0.0714. The summed E-state index contributed by atoms with van der Waals surface area (Å²) >= 11 is 0. The van der Waals surface area contributed by atoms with Gasteiger partial charge in [0.1, 0.15) is 11.9 Å². The van der Waals surface area contributed by atoms with Gasteiger partial charge in [-0.3, -0.25) is 4.79 Å². The van der Waals surface area contributed by atoms with Gasteiger partial charge in [-0.1, -0.05) is 0 Å². The molecule has 1 aliphatic rings. The summed E-state index contributed by atoms with van der Waals surface area (Å²) in [5, 5.41) is 5.97. The zero-order valence-electron chi connectivity index (χ0n) is 16.0. The van der Waals surface area contributed by atoms with E-state index >= 15 is 0 Å². The SMILES string of the molecule is C[C@@H]1CN(c2ccc(N[C@@H](C)C(=O)NC(C)(C)C)cc2F)C[C@H](C)O1. The Kier molecular flexibility index (Phi) is 5.93. The topological polar surface area (TPSA) is 53.6 Å². The summed E-state index contributed by atoms with van der Waals surface area (Å²) in [7, 11) is 0. The first-order valence-electron chi connectivity index (χ1n) is 8.83. The average Bonchev–Trinajstić information content (AvgIpc) is 2.44. The van der Waals surface area contributed by atoms with Crippen molar-refractivity contribution < 1.29 is 13.9 Å². The predicted molar refractivity (Wildman–Crippen MR) is 99.6 cm³/mol. The number of hydrogen-bond donors (Lipinski definition) is 2. The summed E-state index contributed by atoms with van der Waals surface area (Å²) in [4.78, 5) is 14.2. The molecule has 1 amide bonds. The Morgan fingerprint density at radius 3 is 2.40 bits per heavy atom. The van der Waals surface area contributed by atoms with Crippen molar-refractivity contribution in [3.63, 3.8) is 0 Å². The molecule has 6 heteroatoms. The first kappa shape index (κ1) is 19.5. The van der Waals surface area contributed by atoms with Gasteiger partial charge in [-0.2, -0.15) is 0 Å². The Morgan fingerprint density at radius 1 is 1.28 bits per heavy atom. The lowest BCUT2D eigenvalue weighted by molar-refractivity contribution is -0.122. The van der Waals surface area contributed by atoms with E-state index in [1.54, 1.807) is 13.0 Å². The molecule has 1 aromatic rings. The van der Waals surface area contributed by atoms with Crippen molar-refractivity contribution in [2.45, 2.75) is 65.3 Å². The molecule has 2 rings (SSSR count). The summed E-state index contributed by atoms with van der Waals surface area (Å²) in [6, 6.07) is 4.56. The molecule has 3 atom stereocenters. The number of morpholine rings is 1. The van der Waals surface area contributed by atoms with Crippen LogP contribution in [0.1, 0.15) is 41.5 Å². The third kappa shape index (κ3) is 5.59. The lowest BCUT2D eigenvalue weighted by atomic mass is 10.1. The fourth-order valence-electron chi connectivity index (χ4n) is 3.02. The van der Waals surface area contributed by atoms with E-state index in [2.05, 4.69) is 10.6 Å². The largest absolute Gasteiger partial charge is 0.374 e. The highest BCUT2D eigenvalue weighted by atomic mass is 19.1. The number of halogens is 1. The highest BCUT2D eigenvalue weighted by Gasteiger charge is 2.25. The van der Waals surface area contributed by atoms with Crippen LogP contribution in [0.25, 0.3) is 0 Å². The molecule has 1 heterocycles. The second kappa shape index (κ2) is 7.60. The highest BCUT2D eigenvalue weighted by molar-refractivity contribution is 5.84. The number of carbonyl (C=O) groups excluding carboxylic acids is 1. The molecule has 2 N–H and O–H groups in total. The van der Waals surface area contributed by atoms with E-state index in [9.17, 15) is 9.18 Å². The second-order valence-corrected chi connectivity index (χ2v) is 7.93. The Labute approximate surface area is 149 Å². The number of hydrogen-bond acceptors (Lipinski definition) is 4. The van der Waals surface area contributed by atoms with E-state index in [1.807, 2.05) is 45.6 Å². The Morgan fingerprint density at radius 2 is 1.88 bits per heavy atom. The number of anilines is 2. The fourth-order valence-corrected chi connectivity index (χ4v) is 3.02. The summed E-state index contributed by atoms with van der Waals surface area (Å²) in [6.07, 6.45) is 0.143. The highest BCUT2D eigenvalue weighted by Crippen LogP contribution is 2.26. The van der Waals surface area contributed by atoms with Gasteiger partial charge in [0.25, 0.3) is 0 Å². The maximum absolute atomic E-state index is 14.6. The number of rotatable bonds is 4. The number of benzene rings is 1. The second-order valence-electron chi connectivity index (χ2n) is 7.93. The minimum Gasteiger partial charge on any atom is -0.374 e. The molecule has 1 fully saturated rings. The van der Waals surface area contributed by atoms with Gasteiger partial charge in [-0.05, 0) is 59.7 Å². The van der Waals surface area contributed by atoms with E-state index in [0.29, 0.717) is 24.5 Å². The fraction of sp³-hybridized carbons (Fsp3) is 0.632. The molecular weight excluding hydrogens is 321 g/mol. The molecule has 25 heavy (non-hydrogen) atoms. The Balaban J connectivity index is 2.05. The zero-order chi connectivity index (χ0) is 18.8. The number of nitrogens with one attached hydrogen (secondary N) is 2. The van der Waals surface area contributed by atoms with Gasteiger partial charge in [-0.25, -0.2) is 4.39 Å². The third-order valence-corrected chi connectivity index (χ3v) is 3.98. The molecule has 0 bridgehead atoms. The zero-order valence-corrected chi connectivity index (χ0v) is 16.0. The first-order chi connectivity index (χ1) is 11.5. The summed E-state index contributed by atoms with van der Waals surface area (Å²) < 4.78 is 20.3. The van der Waals surface area contributed by atoms with Crippen LogP contribution in [0.15, 0.2) is 18.2 Å². The molecule has 1 aromatic carbocycles. The van der Waals surface area contributed by atoms with Gasteiger partial charge < -0.3 is 20.3 Å². The summed E-state index contributed by atoms with van der Waals surface area (Å²) in [5.74, 6) is -0.414. The van der Waals surface area contributed by atoms with Gasteiger partial charge in [0, 0.05) is 24.3 Å². The molecule has 5 nitrogen and oxygen atoms in total. The number of carbonyl (C=O) groups is 1. The Hall–Kier alpha value is -1.82. The van der Waals surface area contributed by atoms with Gasteiger partial charge >= 0.3 is 0 Å². The Bertz CT molecular complexity index is 605. The van der Waals surface area contributed by atoms with Crippen molar-refractivity contribution in [3.05, 3.63) is 24.0 Å². The first-order valence-corrected chi connectivity index (χ1v) is 8.83. The average molecular weight is 351 g/mol. The lowest BCUT2D eigenvalue weighted by Gasteiger charge is -2.37. The van der Waals surface area contributed by atoms with Crippen LogP contribution in [0, 0.1) is 5.82 Å². The molecule has 0 saturated carbocycles. The van der Waals surface area contributed by atoms with Crippen LogP contribution in [0.3, 0.4) is 0 Å². The van der Waals surface area contributed by atoms with Crippen molar-refractivity contribution in [1.82, 2.24) is 5.32 Å². The maximum atomic E-state index is 14.6. The number of nitrogens with zero attached hydrogens (tertiary/aromatic N) is 1. The third-order valence-electron chi connectivity index (χ3n) is 3.98. The summed E-state index contributed by atoms with van der Waals surface area (Å²) in [5.41, 5.74) is 0.859. The number of ether oxygens (including phenoxy) is 1. The van der Waals surface area contributed by atoms with Gasteiger partial charge in [-0.15, -0.1) is 0 Å². The maximum Gasteiger partial charge on any atom is 0.242 e. The van der Waals surface area contributed by atoms with Crippen molar-refractivity contribution in [1.29, 1.82) is 0 Å². The van der Waals surface area contributed by atoms with Crippen LogP contribution in [-0.4, -0.2) is 42.8 Å². The van der Waals surface area contributed by atoms with Crippen LogP contribution < -0.4 is 15.5 Å². The number of amides is 1. The molecular formula is C19H30FN3O2. The molecule has 1 aliphatic heterocycles. The quantitative estimate of drug-likeness (QED) is 0.875. The van der Waals surface area contributed by atoms with Gasteiger partial charge in [0.15, 0.2) is 0 Å². The van der Waals surface area contributed by atoms with Crippen LogP contribution >= 0.6 is 0 Å². The normalized spacial score (nSPS) is 22.4. The van der Waals surface area contributed by atoms with Crippen LogP contribution in [0.5, 0.6) is 0 Å². The van der Waals surface area contributed by atoms with Crippen molar-refractivity contribution in [3.8, 4) is 0 Å². The lowest BCUT2D eigenvalue weighted by Crippen LogP contribution is -2.47. The van der Waals surface area contributed by atoms with E-state index in [4.69, 9.17) is 4.74 Å². The molecule has 0 aromatic heterocycles. The van der Waals surface area contributed by atoms with Crippen molar-refractivity contribution in [2.24, 2.45) is 0 Å². The molecule has 140 valence electrons. The van der Waals surface area contributed by atoms with E-state index in [1.165, 1.54) is 6.07 Å². The predicted octanol–water partition coefficient (Wildman–Crippen LogP) is 3.15. The molecule has 0 aliphatic carbocycles. The molecule has 0 unspecified atom stereocenters. The van der Waals surface area contributed by atoms with Crippen LogP contribution in [-0.2, 0) is 9.53 Å². The van der Waals surface area contributed by atoms with Crippen molar-refractivity contribution in [2.75, 3.05) is 23.3 Å². The standard InChI is InChI=1S/C19H30FN3O2/c1-12-10-23(11-13(2)25-12)17-8-7-15(9-16(17)20)21-14(3)18(24)22-19(4,5)6/h7-9,12-14,21H,10-11H2,1-6H3,(H,22,24)/t12-,13+,14-/m0/s1. The van der Waals surface area contributed by atoms with Crippen LogP contribution in [0.4, 0.5) is 15.8 Å². The summed E-state index contributed by atoms with van der Waals surface area (Å²) in [6.45, 7) is 12.9. The molecule has 0 spiro atoms. The van der Waals surface area contributed by atoms with Crippen molar-refractivity contribution >= 4 is 17.3 Å². The minimum atomic E-state index is -0.451. The van der Waals surface area contributed by atoms with E-state index in [0.717, 1.165) is 0 Å². The molecule has 0 radical (unpaired) electrons.